The molecule has 4 rings (SSSR count). The smallest absolute Gasteiger partial charge is 0.325 e. The number of nitrogens with zero attached hydrogens (tertiary/aromatic N) is 2. The largest absolute Gasteiger partial charge is 0.465 e. The van der Waals surface area contributed by atoms with E-state index in [1.807, 2.05) is 11.0 Å². The highest BCUT2D eigenvalue weighted by atomic mass is 16.5. The summed E-state index contributed by atoms with van der Waals surface area (Å²) in [6, 6.07) is 10.5. The predicted octanol–water partition coefficient (Wildman–Crippen LogP) is 2.50. The third-order valence-corrected chi connectivity index (χ3v) is 5.48. The van der Waals surface area contributed by atoms with Crippen LogP contribution in [0.5, 0.6) is 0 Å². The molecule has 0 radical (unpaired) electrons. The minimum atomic E-state index is -0.398. The minimum absolute atomic E-state index is 0.0791. The average Bonchev–Trinajstić information content (AvgIpc) is 2.87. The van der Waals surface area contributed by atoms with Crippen molar-refractivity contribution in [1.29, 1.82) is 0 Å². The predicted molar refractivity (Wildman–Crippen MR) is 101 cm³/mol. The van der Waals surface area contributed by atoms with Crippen molar-refractivity contribution in [2.24, 2.45) is 11.3 Å². The maximum atomic E-state index is 12.6. The highest BCUT2D eigenvalue weighted by molar-refractivity contribution is 5.81. The van der Waals surface area contributed by atoms with Crippen LogP contribution in [0.4, 0.5) is 10.5 Å². The zero-order valence-electron chi connectivity index (χ0n) is 15.9. The van der Waals surface area contributed by atoms with Gasteiger partial charge in [0.2, 0.25) is 0 Å². The van der Waals surface area contributed by atoms with E-state index in [2.05, 4.69) is 48.3 Å². The quantitative estimate of drug-likeness (QED) is 0.839. The Kier molecular flexibility index (Phi) is 5.39. The summed E-state index contributed by atoms with van der Waals surface area (Å²) in [6.07, 6.45) is 1.10. The van der Waals surface area contributed by atoms with Crippen LogP contribution in [0.3, 0.4) is 0 Å². The van der Waals surface area contributed by atoms with Gasteiger partial charge in [0, 0.05) is 25.3 Å². The van der Waals surface area contributed by atoms with Crippen LogP contribution in [0.25, 0.3) is 0 Å². The van der Waals surface area contributed by atoms with Crippen molar-refractivity contribution in [1.82, 2.24) is 10.2 Å². The summed E-state index contributed by atoms with van der Waals surface area (Å²) in [5.41, 5.74) is 1.33. The summed E-state index contributed by atoms with van der Waals surface area (Å²) >= 11 is 0. The minimum Gasteiger partial charge on any atom is -0.465 e. The highest BCUT2D eigenvalue weighted by Crippen LogP contribution is 2.43. The van der Waals surface area contributed by atoms with Gasteiger partial charge in [-0.15, -0.1) is 0 Å². The molecule has 3 saturated heterocycles. The van der Waals surface area contributed by atoms with E-state index in [4.69, 9.17) is 4.74 Å². The molecule has 3 fully saturated rings. The van der Waals surface area contributed by atoms with Gasteiger partial charge in [-0.25, -0.2) is 4.79 Å². The standard InChI is InChI=1S/C20H29N3O3/c1-4-26-18(24)11-21-19(25)22-12-15-10-20(2,3)17(14-22)23(13-15)16-8-6-5-7-9-16/h5-9,15,17H,4,10-14H2,1-3H3,(H,21,25)/t15-,17-/m1/s1. The van der Waals surface area contributed by atoms with Crippen molar-refractivity contribution in [3.05, 3.63) is 30.3 Å². The van der Waals surface area contributed by atoms with Crippen molar-refractivity contribution in [2.75, 3.05) is 37.7 Å². The topological polar surface area (TPSA) is 61.9 Å². The summed E-state index contributed by atoms with van der Waals surface area (Å²) in [6.45, 7) is 8.92. The van der Waals surface area contributed by atoms with E-state index in [0.717, 1.165) is 19.5 Å². The van der Waals surface area contributed by atoms with E-state index in [0.29, 0.717) is 19.1 Å². The number of urea groups is 1. The monoisotopic (exact) mass is 359 g/mol. The third kappa shape index (κ3) is 3.94. The fraction of sp³-hybridized carbons (Fsp3) is 0.600. The molecule has 2 bridgehead atoms. The number of fused-ring (bicyclic) bond motifs is 4. The number of nitrogens with one attached hydrogen (secondary N) is 1. The zero-order chi connectivity index (χ0) is 18.7. The Bertz CT molecular complexity index is 647. The molecule has 0 saturated carbocycles. The van der Waals surface area contributed by atoms with Crippen LogP contribution >= 0.6 is 0 Å². The van der Waals surface area contributed by atoms with E-state index >= 15 is 0 Å². The summed E-state index contributed by atoms with van der Waals surface area (Å²) < 4.78 is 4.89. The maximum Gasteiger partial charge on any atom is 0.325 e. The number of ether oxygens (including phenoxy) is 1. The lowest BCUT2D eigenvalue weighted by atomic mass is 9.73. The Balaban J connectivity index is 1.73. The van der Waals surface area contributed by atoms with E-state index < -0.39 is 5.97 Å². The molecule has 1 aromatic carbocycles. The SMILES string of the molecule is CCOC(=O)CNC(=O)N1C[C@@H]2CN(c3ccccc3)[C@H](C1)C(C)(C)C2. The first-order valence-corrected chi connectivity index (χ1v) is 9.41. The summed E-state index contributed by atoms with van der Waals surface area (Å²) in [5.74, 6) is 0.0159. The second kappa shape index (κ2) is 7.56. The number of carbonyl (C=O) groups is 2. The molecule has 0 aromatic heterocycles. The zero-order valence-corrected chi connectivity index (χ0v) is 15.9. The third-order valence-electron chi connectivity index (χ3n) is 5.48. The van der Waals surface area contributed by atoms with Crippen LogP contribution in [0, 0.1) is 11.3 Å². The van der Waals surface area contributed by atoms with Gasteiger partial charge in [0.1, 0.15) is 6.54 Å². The van der Waals surface area contributed by atoms with Gasteiger partial charge < -0.3 is 19.9 Å². The molecule has 26 heavy (non-hydrogen) atoms. The molecule has 0 unspecified atom stereocenters. The molecule has 6 heteroatoms. The van der Waals surface area contributed by atoms with E-state index in [-0.39, 0.29) is 24.0 Å². The second-order valence-electron chi connectivity index (χ2n) is 7.93. The molecule has 3 aliphatic heterocycles. The molecule has 1 aromatic rings. The van der Waals surface area contributed by atoms with Gasteiger partial charge in [-0.3, -0.25) is 4.79 Å². The Morgan fingerprint density at radius 3 is 2.62 bits per heavy atom. The number of hydrogen-bond acceptors (Lipinski definition) is 4. The van der Waals surface area contributed by atoms with Gasteiger partial charge in [-0.1, -0.05) is 32.0 Å². The molecule has 3 heterocycles. The lowest BCUT2D eigenvalue weighted by molar-refractivity contribution is -0.141. The van der Waals surface area contributed by atoms with Crippen LogP contribution in [0.1, 0.15) is 27.2 Å². The van der Waals surface area contributed by atoms with Gasteiger partial charge in [0.25, 0.3) is 0 Å². The Hall–Kier alpha value is -2.24. The first-order chi connectivity index (χ1) is 12.4. The Labute approximate surface area is 155 Å². The van der Waals surface area contributed by atoms with E-state index in [9.17, 15) is 9.59 Å². The molecule has 142 valence electrons. The molecule has 6 nitrogen and oxygen atoms in total. The van der Waals surface area contributed by atoms with Crippen LogP contribution in [0.15, 0.2) is 30.3 Å². The lowest BCUT2D eigenvalue weighted by Gasteiger charge is -2.48. The molecule has 2 amide bonds. The van der Waals surface area contributed by atoms with Crippen molar-refractivity contribution in [2.45, 2.75) is 33.2 Å². The number of rotatable bonds is 4. The number of esters is 1. The summed E-state index contributed by atoms with van der Waals surface area (Å²) in [7, 11) is 0. The molecule has 1 N–H and O–H groups in total. The number of carbonyl (C=O) groups excluding carboxylic acids is 2. The fourth-order valence-electron chi connectivity index (χ4n) is 4.38. The number of hydrogen-bond donors (Lipinski definition) is 1. The Morgan fingerprint density at radius 1 is 1.19 bits per heavy atom. The second-order valence-corrected chi connectivity index (χ2v) is 7.93. The number of benzene rings is 1. The van der Waals surface area contributed by atoms with Crippen LogP contribution in [0.2, 0.25) is 0 Å². The van der Waals surface area contributed by atoms with Crippen molar-refractivity contribution >= 4 is 17.7 Å². The van der Waals surface area contributed by atoms with Gasteiger partial charge in [0.15, 0.2) is 0 Å². The lowest BCUT2D eigenvalue weighted by Crippen LogP contribution is -2.54. The number of para-hydroxylation sites is 1. The molecule has 0 spiro atoms. The van der Waals surface area contributed by atoms with Crippen molar-refractivity contribution < 1.29 is 14.3 Å². The van der Waals surface area contributed by atoms with Gasteiger partial charge in [0.05, 0.1) is 12.6 Å². The molecular weight excluding hydrogens is 330 g/mol. The highest BCUT2D eigenvalue weighted by Gasteiger charge is 2.46. The first-order valence-electron chi connectivity index (χ1n) is 9.41. The van der Waals surface area contributed by atoms with Gasteiger partial charge in [-0.05, 0) is 36.8 Å². The van der Waals surface area contributed by atoms with Crippen molar-refractivity contribution in [3.8, 4) is 0 Å². The fourth-order valence-corrected chi connectivity index (χ4v) is 4.38. The summed E-state index contributed by atoms with van der Waals surface area (Å²) in [4.78, 5) is 28.5. The average molecular weight is 359 g/mol. The van der Waals surface area contributed by atoms with Gasteiger partial charge >= 0.3 is 12.0 Å². The molecular formula is C20H29N3O3. The Morgan fingerprint density at radius 2 is 1.92 bits per heavy atom. The van der Waals surface area contributed by atoms with Crippen LogP contribution < -0.4 is 10.2 Å². The summed E-state index contributed by atoms with van der Waals surface area (Å²) in [5, 5.41) is 2.71. The van der Waals surface area contributed by atoms with Gasteiger partial charge in [-0.2, -0.15) is 0 Å². The first kappa shape index (κ1) is 18.5. The maximum absolute atomic E-state index is 12.6. The van der Waals surface area contributed by atoms with Crippen LogP contribution in [-0.2, 0) is 9.53 Å². The number of piperidine rings is 1. The molecule has 2 atom stereocenters. The molecule has 0 aliphatic carbocycles. The van der Waals surface area contributed by atoms with Crippen molar-refractivity contribution in [3.63, 3.8) is 0 Å². The normalized spacial score (nSPS) is 24.1. The van der Waals surface area contributed by atoms with E-state index in [1.165, 1.54) is 5.69 Å². The van der Waals surface area contributed by atoms with E-state index in [1.54, 1.807) is 6.92 Å². The molecule has 3 aliphatic rings. The number of amides is 2. The van der Waals surface area contributed by atoms with Crippen LogP contribution in [-0.4, -0.2) is 55.7 Å². The number of anilines is 1.